The summed E-state index contributed by atoms with van der Waals surface area (Å²) in [5.74, 6) is 0.780. The highest BCUT2D eigenvalue weighted by atomic mass is 15.3. The minimum absolute atomic E-state index is 0.625. The van der Waals surface area contributed by atoms with Crippen LogP contribution in [0.3, 0.4) is 0 Å². The zero-order valence-corrected chi connectivity index (χ0v) is 14.2. The second-order valence-corrected chi connectivity index (χ2v) is 6.28. The molecule has 1 aliphatic rings. The Morgan fingerprint density at radius 3 is 2.86 bits per heavy atom. The van der Waals surface area contributed by atoms with Crippen LogP contribution < -0.4 is 5.32 Å². The van der Waals surface area contributed by atoms with Crippen LogP contribution in [0.15, 0.2) is 6.07 Å². The van der Waals surface area contributed by atoms with Crippen molar-refractivity contribution in [3.05, 3.63) is 17.5 Å². The molecule has 0 radical (unpaired) electrons. The average molecular weight is 292 g/mol. The first-order valence-electron chi connectivity index (χ1n) is 8.69. The van der Waals surface area contributed by atoms with Crippen LogP contribution in [-0.2, 0) is 19.5 Å². The van der Waals surface area contributed by atoms with Gasteiger partial charge in [0.1, 0.15) is 0 Å². The molecule has 1 saturated heterocycles. The molecule has 2 heterocycles. The number of aryl methyl sites for hydroxylation is 2. The van der Waals surface area contributed by atoms with Crippen molar-refractivity contribution in [2.45, 2.75) is 66.1 Å². The Balaban J connectivity index is 1.97. The van der Waals surface area contributed by atoms with Crippen molar-refractivity contribution in [2.24, 2.45) is 5.92 Å². The van der Waals surface area contributed by atoms with Crippen molar-refractivity contribution in [1.82, 2.24) is 20.0 Å². The number of hydrogen-bond acceptors (Lipinski definition) is 3. The summed E-state index contributed by atoms with van der Waals surface area (Å²) in [7, 11) is 0. The molecule has 0 aromatic carbocycles. The highest BCUT2D eigenvalue weighted by Gasteiger charge is 2.24. The molecule has 0 spiro atoms. The molecule has 0 aliphatic carbocycles. The molecule has 0 amide bonds. The van der Waals surface area contributed by atoms with Gasteiger partial charge in [-0.15, -0.1) is 0 Å². The second-order valence-electron chi connectivity index (χ2n) is 6.28. The van der Waals surface area contributed by atoms with Gasteiger partial charge in [-0.1, -0.05) is 13.8 Å². The zero-order valence-electron chi connectivity index (χ0n) is 14.2. The Morgan fingerprint density at radius 1 is 1.38 bits per heavy atom. The predicted octanol–water partition coefficient (Wildman–Crippen LogP) is 2.68. The first-order chi connectivity index (χ1) is 10.2. The van der Waals surface area contributed by atoms with Gasteiger partial charge in [0, 0.05) is 25.7 Å². The Kier molecular flexibility index (Phi) is 6.24. The van der Waals surface area contributed by atoms with Crippen molar-refractivity contribution in [3.63, 3.8) is 0 Å². The number of likely N-dealkylation sites (tertiary alicyclic amines) is 1. The smallest absolute Gasteiger partial charge is 0.0625 e. The molecule has 1 N–H and O–H groups in total. The van der Waals surface area contributed by atoms with Crippen LogP contribution in [0, 0.1) is 5.92 Å². The fraction of sp³-hybridized carbons (Fsp3) is 0.824. The summed E-state index contributed by atoms with van der Waals surface area (Å²) in [6, 6.07) is 2.92. The zero-order chi connectivity index (χ0) is 15.2. The lowest BCUT2D eigenvalue weighted by Crippen LogP contribution is -2.44. The average Bonchev–Trinajstić information content (AvgIpc) is 2.90. The van der Waals surface area contributed by atoms with Gasteiger partial charge in [0.25, 0.3) is 0 Å². The topological polar surface area (TPSA) is 33.1 Å². The van der Waals surface area contributed by atoms with E-state index in [1.54, 1.807) is 0 Å². The summed E-state index contributed by atoms with van der Waals surface area (Å²) < 4.78 is 2.18. The lowest BCUT2D eigenvalue weighted by Gasteiger charge is -2.36. The predicted molar refractivity (Wildman–Crippen MR) is 88.4 cm³/mol. The molecule has 0 bridgehead atoms. The number of nitrogens with zero attached hydrogens (tertiary/aromatic N) is 3. The molecular formula is C17H32N4. The van der Waals surface area contributed by atoms with Crippen LogP contribution in [0.5, 0.6) is 0 Å². The number of rotatable bonds is 7. The van der Waals surface area contributed by atoms with Crippen LogP contribution in [0.2, 0.25) is 0 Å². The van der Waals surface area contributed by atoms with Crippen LogP contribution in [0.4, 0.5) is 0 Å². The van der Waals surface area contributed by atoms with Crippen LogP contribution in [0.1, 0.15) is 51.9 Å². The minimum atomic E-state index is 0.625. The maximum atomic E-state index is 4.67. The van der Waals surface area contributed by atoms with Crippen LogP contribution in [-0.4, -0.2) is 40.4 Å². The van der Waals surface area contributed by atoms with Gasteiger partial charge >= 0.3 is 0 Å². The highest BCUT2D eigenvalue weighted by molar-refractivity contribution is 5.10. The van der Waals surface area contributed by atoms with Gasteiger partial charge in [0.2, 0.25) is 0 Å². The molecule has 4 nitrogen and oxygen atoms in total. The van der Waals surface area contributed by atoms with Crippen molar-refractivity contribution >= 4 is 0 Å². The molecule has 4 heteroatoms. The minimum Gasteiger partial charge on any atom is -0.314 e. The molecule has 120 valence electrons. The first-order valence-corrected chi connectivity index (χ1v) is 8.69. The molecule has 1 aromatic heterocycles. The first kappa shape index (κ1) is 16.5. The van der Waals surface area contributed by atoms with Gasteiger partial charge in [-0.3, -0.25) is 9.58 Å². The molecule has 2 rings (SSSR count). The van der Waals surface area contributed by atoms with E-state index in [4.69, 9.17) is 0 Å². The van der Waals surface area contributed by atoms with E-state index in [9.17, 15) is 0 Å². The maximum Gasteiger partial charge on any atom is 0.0625 e. The maximum absolute atomic E-state index is 4.67. The van der Waals surface area contributed by atoms with Crippen LogP contribution >= 0.6 is 0 Å². The summed E-state index contributed by atoms with van der Waals surface area (Å²) >= 11 is 0. The normalized spacial score (nSPS) is 21.6. The van der Waals surface area contributed by atoms with E-state index in [1.807, 2.05) is 0 Å². The third-order valence-corrected chi connectivity index (χ3v) is 4.74. The second kappa shape index (κ2) is 7.95. The van der Waals surface area contributed by atoms with Crippen molar-refractivity contribution in [3.8, 4) is 0 Å². The molecule has 1 fully saturated rings. The summed E-state index contributed by atoms with van der Waals surface area (Å²) in [6.45, 7) is 14.4. The Bertz CT molecular complexity index is 426. The molecule has 0 saturated carbocycles. The monoisotopic (exact) mass is 292 g/mol. The van der Waals surface area contributed by atoms with Crippen molar-refractivity contribution in [2.75, 3.05) is 19.6 Å². The molecular weight excluding hydrogens is 260 g/mol. The lowest BCUT2D eigenvalue weighted by atomic mass is 9.91. The van der Waals surface area contributed by atoms with Crippen LogP contribution in [0.25, 0.3) is 0 Å². The summed E-state index contributed by atoms with van der Waals surface area (Å²) in [5, 5.41) is 8.27. The van der Waals surface area contributed by atoms with Gasteiger partial charge in [0.05, 0.1) is 11.4 Å². The molecule has 1 aliphatic heterocycles. The highest BCUT2D eigenvalue weighted by Crippen LogP contribution is 2.21. The van der Waals surface area contributed by atoms with E-state index < -0.39 is 0 Å². The van der Waals surface area contributed by atoms with E-state index in [-0.39, 0.29) is 0 Å². The SMILES string of the molecule is CCNC(C)C1CCCN(Cc2cc(CC)nn2CC)C1. The largest absolute Gasteiger partial charge is 0.314 e. The lowest BCUT2D eigenvalue weighted by molar-refractivity contribution is 0.142. The van der Waals surface area contributed by atoms with Gasteiger partial charge in [-0.2, -0.15) is 5.10 Å². The van der Waals surface area contributed by atoms with Gasteiger partial charge in [-0.25, -0.2) is 0 Å². The summed E-state index contributed by atoms with van der Waals surface area (Å²) in [6.07, 6.45) is 3.71. The Hall–Kier alpha value is -0.870. The molecule has 2 atom stereocenters. The Labute approximate surface area is 129 Å². The standard InChI is InChI=1S/C17H32N4/c1-5-16-11-17(21(7-3)19-16)13-20-10-8-9-15(12-20)14(4)18-6-2/h11,14-15,18H,5-10,12-13H2,1-4H3. The van der Waals surface area contributed by atoms with Gasteiger partial charge in [0.15, 0.2) is 0 Å². The summed E-state index contributed by atoms with van der Waals surface area (Å²) in [5.41, 5.74) is 2.60. The van der Waals surface area contributed by atoms with E-state index in [2.05, 4.69) is 53.8 Å². The van der Waals surface area contributed by atoms with Crippen molar-refractivity contribution < 1.29 is 0 Å². The number of nitrogens with one attached hydrogen (secondary N) is 1. The van der Waals surface area contributed by atoms with E-state index >= 15 is 0 Å². The van der Waals surface area contributed by atoms with E-state index in [1.165, 1.54) is 37.3 Å². The van der Waals surface area contributed by atoms with E-state index in [0.29, 0.717) is 6.04 Å². The van der Waals surface area contributed by atoms with E-state index in [0.717, 1.165) is 32.0 Å². The number of hydrogen-bond donors (Lipinski definition) is 1. The molecule has 1 aromatic rings. The number of piperidine rings is 1. The molecule has 2 unspecified atom stereocenters. The van der Waals surface area contributed by atoms with Gasteiger partial charge in [-0.05, 0) is 58.2 Å². The quantitative estimate of drug-likeness (QED) is 0.839. The number of aromatic nitrogens is 2. The third kappa shape index (κ3) is 4.30. The van der Waals surface area contributed by atoms with Gasteiger partial charge < -0.3 is 5.32 Å². The fourth-order valence-corrected chi connectivity index (χ4v) is 3.45. The fourth-order valence-electron chi connectivity index (χ4n) is 3.45. The molecule has 21 heavy (non-hydrogen) atoms. The third-order valence-electron chi connectivity index (χ3n) is 4.74. The summed E-state index contributed by atoms with van der Waals surface area (Å²) in [4.78, 5) is 2.62. The Morgan fingerprint density at radius 2 is 2.19 bits per heavy atom. The van der Waals surface area contributed by atoms with Crippen molar-refractivity contribution in [1.29, 1.82) is 0 Å².